The maximum atomic E-state index is 11.3. The van der Waals surface area contributed by atoms with Gasteiger partial charge >= 0.3 is 5.97 Å². The summed E-state index contributed by atoms with van der Waals surface area (Å²) in [5.74, 6) is -0.687. The lowest BCUT2D eigenvalue weighted by Gasteiger charge is -2.00. The van der Waals surface area contributed by atoms with Crippen molar-refractivity contribution in [3.63, 3.8) is 0 Å². The van der Waals surface area contributed by atoms with Crippen LogP contribution in [0.15, 0.2) is 0 Å². The maximum Gasteiger partial charge on any atom is 0.341 e. The Balaban J connectivity index is 3.31. The first kappa shape index (κ1) is 10.2. The number of hydrogen-bond acceptors (Lipinski definition) is 4. The smallest absolute Gasteiger partial charge is 0.341 e. The summed E-state index contributed by atoms with van der Waals surface area (Å²) in [5, 5.41) is 11.2. The molecule has 76 valence electrons. The number of nitrogens with one attached hydrogen (secondary N) is 1. The van der Waals surface area contributed by atoms with Gasteiger partial charge in [-0.25, -0.2) is 9.48 Å². The lowest BCUT2D eigenvalue weighted by molar-refractivity contribution is 0.0599. The minimum atomic E-state index is -0.465. The highest BCUT2D eigenvalue weighted by atomic mass is 16.5. The normalized spacial score (nSPS) is 9.93. The van der Waals surface area contributed by atoms with Gasteiger partial charge < -0.3 is 10.5 Å². The molecule has 0 radical (unpaired) electrons. The summed E-state index contributed by atoms with van der Waals surface area (Å²) in [4.78, 5) is 11.3. The fourth-order valence-electron chi connectivity index (χ4n) is 1.27. The fourth-order valence-corrected chi connectivity index (χ4v) is 1.27. The molecule has 0 saturated heterocycles. The van der Waals surface area contributed by atoms with E-state index in [1.165, 1.54) is 11.8 Å². The van der Waals surface area contributed by atoms with Crippen LogP contribution < -0.4 is 5.73 Å². The Morgan fingerprint density at radius 3 is 2.50 bits per heavy atom. The largest absolute Gasteiger partial charge is 0.465 e. The molecular formula is C8H12N4O2. The molecule has 0 atom stereocenters. The van der Waals surface area contributed by atoms with Gasteiger partial charge in [0.25, 0.3) is 0 Å². The molecule has 14 heavy (non-hydrogen) atoms. The summed E-state index contributed by atoms with van der Waals surface area (Å²) >= 11 is 0. The average Bonchev–Trinajstić information content (AvgIpc) is 2.41. The highest BCUT2D eigenvalue weighted by molar-refractivity contribution is 5.93. The van der Waals surface area contributed by atoms with Crippen LogP contribution in [0.2, 0.25) is 0 Å². The minimum absolute atomic E-state index is 0.222. The highest BCUT2D eigenvalue weighted by Crippen LogP contribution is 2.13. The van der Waals surface area contributed by atoms with Gasteiger partial charge in [0.15, 0.2) is 0 Å². The van der Waals surface area contributed by atoms with Crippen molar-refractivity contribution in [1.82, 2.24) is 9.78 Å². The zero-order valence-electron chi connectivity index (χ0n) is 8.29. The molecule has 0 saturated carbocycles. The predicted molar refractivity (Wildman–Crippen MR) is 50.4 cm³/mol. The molecule has 0 amide bonds. The molecule has 1 aromatic heterocycles. The van der Waals surface area contributed by atoms with Gasteiger partial charge in [-0.3, -0.25) is 5.41 Å². The SMILES string of the molecule is COC(=O)c1c(C)nn(C(=N)N)c1C. The number of methoxy groups -OCH3 is 1. The van der Waals surface area contributed by atoms with Crippen molar-refractivity contribution in [2.24, 2.45) is 5.73 Å². The van der Waals surface area contributed by atoms with Gasteiger partial charge in [0.2, 0.25) is 5.96 Å². The van der Waals surface area contributed by atoms with Crippen LogP contribution >= 0.6 is 0 Å². The lowest BCUT2D eigenvalue weighted by Crippen LogP contribution is -2.23. The Labute approximate surface area is 81.2 Å². The van der Waals surface area contributed by atoms with Gasteiger partial charge in [0, 0.05) is 0 Å². The standard InChI is InChI=1S/C8H12N4O2/c1-4-6(7(13)14-3)5(2)12(11-4)8(9)10/h1-3H3,(H3,9,10). The Hall–Kier alpha value is -1.85. The highest BCUT2D eigenvalue weighted by Gasteiger charge is 2.19. The van der Waals surface area contributed by atoms with Crippen LogP contribution in [0.1, 0.15) is 21.7 Å². The van der Waals surface area contributed by atoms with Crippen LogP contribution in [0.25, 0.3) is 0 Å². The maximum absolute atomic E-state index is 11.3. The van der Waals surface area contributed by atoms with Gasteiger partial charge in [0.05, 0.1) is 18.5 Å². The third-order valence-corrected chi connectivity index (χ3v) is 1.91. The first-order valence-electron chi connectivity index (χ1n) is 3.98. The van der Waals surface area contributed by atoms with E-state index >= 15 is 0 Å². The molecule has 0 bridgehead atoms. The van der Waals surface area contributed by atoms with Crippen LogP contribution in [-0.2, 0) is 4.74 Å². The molecular weight excluding hydrogens is 184 g/mol. The van der Waals surface area contributed by atoms with E-state index in [1.54, 1.807) is 13.8 Å². The summed E-state index contributed by atoms with van der Waals surface area (Å²) < 4.78 is 5.78. The third-order valence-electron chi connectivity index (χ3n) is 1.91. The molecule has 0 fully saturated rings. The molecule has 0 unspecified atom stereocenters. The number of esters is 1. The zero-order chi connectivity index (χ0) is 10.9. The number of carbonyl (C=O) groups excluding carboxylic acids is 1. The predicted octanol–water partition coefficient (Wildman–Crippen LogP) is 0.0281. The van der Waals surface area contributed by atoms with E-state index in [2.05, 4.69) is 9.84 Å². The van der Waals surface area contributed by atoms with Crippen LogP contribution in [-0.4, -0.2) is 28.8 Å². The van der Waals surface area contributed by atoms with E-state index in [9.17, 15) is 4.79 Å². The van der Waals surface area contributed by atoms with Gasteiger partial charge in [-0.15, -0.1) is 0 Å². The fraction of sp³-hybridized carbons (Fsp3) is 0.375. The van der Waals surface area contributed by atoms with Gasteiger partial charge in [-0.1, -0.05) is 0 Å². The van der Waals surface area contributed by atoms with Crippen LogP contribution in [0.4, 0.5) is 0 Å². The van der Waals surface area contributed by atoms with E-state index in [-0.39, 0.29) is 5.96 Å². The second kappa shape index (κ2) is 3.49. The number of aryl methyl sites for hydroxylation is 1. The number of nitrogens with zero attached hydrogens (tertiary/aromatic N) is 2. The summed E-state index contributed by atoms with van der Waals surface area (Å²) in [6, 6.07) is 0. The second-order valence-corrected chi connectivity index (χ2v) is 2.83. The second-order valence-electron chi connectivity index (χ2n) is 2.83. The Bertz CT molecular complexity index is 394. The van der Waals surface area contributed by atoms with E-state index in [0.717, 1.165) is 0 Å². The molecule has 0 aliphatic heterocycles. The van der Waals surface area contributed by atoms with Crippen molar-refractivity contribution in [1.29, 1.82) is 5.41 Å². The van der Waals surface area contributed by atoms with Crippen molar-refractivity contribution in [3.8, 4) is 0 Å². The van der Waals surface area contributed by atoms with E-state index in [0.29, 0.717) is 17.0 Å². The molecule has 1 aromatic rings. The van der Waals surface area contributed by atoms with E-state index in [1.807, 2.05) is 0 Å². The van der Waals surface area contributed by atoms with Gasteiger partial charge in [-0.05, 0) is 13.8 Å². The van der Waals surface area contributed by atoms with Crippen LogP contribution in [0.3, 0.4) is 0 Å². The molecule has 0 aliphatic carbocycles. The summed E-state index contributed by atoms with van der Waals surface area (Å²) in [7, 11) is 1.30. The van der Waals surface area contributed by atoms with Gasteiger partial charge in [-0.2, -0.15) is 5.10 Å². The quantitative estimate of drug-likeness (QED) is 0.376. The summed E-state index contributed by atoms with van der Waals surface area (Å²) in [6.45, 7) is 3.33. The number of rotatable bonds is 1. The van der Waals surface area contributed by atoms with Crippen molar-refractivity contribution in [3.05, 3.63) is 17.0 Å². The molecule has 6 heteroatoms. The van der Waals surface area contributed by atoms with Crippen molar-refractivity contribution in [2.45, 2.75) is 13.8 Å². The number of ether oxygens (including phenoxy) is 1. The van der Waals surface area contributed by atoms with Crippen molar-refractivity contribution >= 4 is 11.9 Å². The number of nitrogens with two attached hydrogens (primary N) is 1. The Morgan fingerprint density at radius 1 is 1.57 bits per heavy atom. The first-order chi connectivity index (χ1) is 6.49. The Kier molecular flexibility index (Phi) is 2.55. The molecule has 0 spiro atoms. The molecule has 0 aromatic carbocycles. The Morgan fingerprint density at radius 2 is 2.14 bits per heavy atom. The van der Waals surface area contributed by atoms with Gasteiger partial charge in [0.1, 0.15) is 5.56 Å². The van der Waals surface area contributed by atoms with E-state index in [4.69, 9.17) is 11.1 Å². The third kappa shape index (κ3) is 1.46. The number of aromatic nitrogens is 2. The topological polar surface area (TPSA) is 94.0 Å². The number of carbonyl (C=O) groups is 1. The molecule has 3 N–H and O–H groups in total. The molecule has 0 aliphatic rings. The summed E-state index contributed by atoms with van der Waals surface area (Å²) in [5.41, 5.74) is 6.65. The van der Waals surface area contributed by atoms with Crippen molar-refractivity contribution in [2.75, 3.05) is 7.11 Å². The first-order valence-corrected chi connectivity index (χ1v) is 3.98. The number of nitrogen functional groups attached to an aromatic ring is 1. The molecule has 6 nitrogen and oxygen atoms in total. The molecule has 1 heterocycles. The molecule has 1 rings (SSSR count). The summed E-state index contributed by atoms with van der Waals surface area (Å²) in [6.07, 6.45) is 0. The monoisotopic (exact) mass is 196 g/mol. The zero-order valence-corrected chi connectivity index (χ0v) is 8.29. The van der Waals surface area contributed by atoms with Crippen LogP contribution in [0.5, 0.6) is 0 Å². The number of hydrogen-bond donors (Lipinski definition) is 2. The van der Waals surface area contributed by atoms with Crippen LogP contribution in [0, 0.1) is 19.3 Å². The minimum Gasteiger partial charge on any atom is -0.465 e. The van der Waals surface area contributed by atoms with E-state index < -0.39 is 5.97 Å². The average molecular weight is 196 g/mol. The van der Waals surface area contributed by atoms with Crippen molar-refractivity contribution < 1.29 is 9.53 Å². The lowest BCUT2D eigenvalue weighted by atomic mass is 10.2.